The van der Waals surface area contributed by atoms with Crippen molar-refractivity contribution in [2.45, 2.75) is 64.4 Å². The standard InChI is InChI=1S/C23H29N3O3/c1-3-9-18-21(23(27)28-4-2)20(17-14-24-26-22(17)25-18)16-12-7-8-13-19(16)29-15-10-5-6-11-15/h7-8,12-15,20-21H,3-6,9-11H2,1-2H3,(H,24,26). The molecule has 0 saturated heterocycles. The lowest BCUT2D eigenvalue weighted by Gasteiger charge is -2.31. The predicted molar refractivity (Wildman–Crippen MR) is 112 cm³/mol. The Hall–Kier alpha value is -2.63. The minimum atomic E-state index is -0.465. The van der Waals surface area contributed by atoms with Gasteiger partial charge >= 0.3 is 5.97 Å². The Bertz CT molecular complexity index is 883. The third kappa shape index (κ3) is 3.93. The highest BCUT2D eigenvalue weighted by Gasteiger charge is 2.42. The van der Waals surface area contributed by atoms with Crippen LogP contribution in [0.15, 0.2) is 35.5 Å². The zero-order valence-electron chi connectivity index (χ0n) is 17.2. The molecule has 1 aliphatic heterocycles. The van der Waals surface area contributed by atoms with Crippen molar-refractivity contribution in [1.29, 1.82) is 0 Å². The summed E-state index contributed by atoms with van der Waals surface area (Å²) in [6.07, 6.45) is 8.26. The summed E-state index contributed by atoms with van der Waals surface area (Å²) in [5.41, 5.74) is 2.78. The van der Waals surface area contributed by atoms with Gasteiger partial charge < -0.3 is 9.47 Å². The van der Waals surface area contributed by atoms with Gasteiger partial charge in [-0.3, -0.25) is 9.89 Å². The van der Waals surface area contributed by atoms with E-state index >= 15 is 0 Å². The van der Waals surface area contributed by atoms with Gasteiger partial charge in [-0.2, -0.15) is 5.10 Å². The fourth-order valence-electron chi connectivity index (χ4n) is 4.54. The van der Waals surface area contributed by atoms with E-state index in [4.69, 9.17) is 14.5 Å². The van der Waals surface area contributed by atoms with Crippen LogP contribution in [0.4, 0.5) is 5.82 Å². The van der Waals surface area contributed by atoms with Crippen LogP contribution in [0.5, 0.6) is 5.75 Å². The van der Waals surface area contributed by atoms with E-state index in [0.29, 0.717) is 6.61 Å². The number of carbonyl (C=O) groups excluding carboxylic acids is 1. The number of fused-ring (bicyclic) bond motifs is 1. The SMILES string of the molecule is CCCC1=Nc2[nH]ncc2C(c2ccccc2OC2CCCC2)C1C(=O)OCC. The van der Waals surface area contributed by atoms with Crippen LogP contribution in [-0.2, 0) is 9.53 Å². The first-order valence-corrected chi connectivity index (χ1v) is 10.8. The Kier molecular flexibility index (Phi) is 5.97. The van der Waals surface area contributed by atoms with Crippen LogP contribution in [0.1, 0.15) is 69.4 Å². The van der Waals surface area contributed by atoms with Gasteiger partial charge in [-0.05, 0) is 45.1 Å². The molecule has 1 aromatic heterocycles. The summed E-state index contributed by atoms with van der Waals surface area (Å²) in [5, 5.41) is 7.22. The van der Waals surface area contributed by atoms with E-state index in [9.17, 15) is 4.79 Å². The molecular formula is C23H29N3O3. The highest BCUT2D eigenvalue weighted by molar-refractivity contribution is 6.06. The molecule has 1 saturated carbocycles. The Morgan fingerprint density at radius 1 is 1.17 bits per heavy atom. The van der Waals surface area contributed by atoms with Gasteiger partial charge in [0.2, 0.25) is 0 Å². The number of rotatable bonds is 7. The average Bonchev–Trinajstić information content (AvgIpc) is 3.39. The second-order valence-corrected chi connectivity index (χ2v) is 7.80. The lowest BCUT2D eigenvalue weighted by Crippen LogP contribution is -2.34. The van der Waals surface area contributed by atoms with Gasteiger partial charge in [0.1, 0.15) is 11.7 Å². The maximum Gasteiger partial charge on any atom is 0.315 e. The summed E-state index contributed by atoms with van der Waals surface area (Å²) in [5.74, 6) is 0.665. The number of aliphatic imine (C=N–C) groups is 1. The minimum absolute atomic E-state index is 0.223. The maximum absolute atomic E-state index is 13.1. The minimum Gasteiger partial charge on any atom is -0.490 e. The molecule has 2 aromatic rings. The second-order valence-electron chi connectivity index (χ2n) is 7.80. The summed E-state index contributed by atoms with van der Waals surface area (Å²) in [6, 6.07) is 8.07. The van der Waals surface area contributed by atoms with Crippen LogP contribution in [-0.4, -0.2) is 34.6 Å². The number of H-pyrrole nitrogens is 1. The molecule has 1 N–H and O–H groups in total. The zero-order valence-corrected chi connectivity index (χ0v) is 17.2. The van der Waals surface area contributed by atoms with E-state index in [0.717, 1.165) is 54.1 Å². The summed E-state index contributed by atoms with van der Waals surface area (Å²) < 4.78 is 11.9. The molecule has 2 aliphatic rings. The van der Waals surface area contributed by atoms with Crippen LogP contribution < -0.4 is 4.74 Å². The molecule has 1 aromatic carbocycles. The number of hydrogen-bond donors (Lipinski definition) is 1. The van der Waals surface area contributed by atoms with Crippen molar-refractivity contribution in [3.63, 3.8) is 0 Å². The maximum atomic E-state index is 13.1. The number of nitrogens with zero attached hydrogens (tertiary/aromatic N) is 2. The highest BCUT2D eigenvalue weighted by atomic mass is 16.5. The number of aromatic nitrogens is 2. The van der Waals surface area contributed by atoms with Crippen molar-refractivity contribution >= 4 is 17.5 Å². The van der Waals surface area contributed by atoms with Gasteiger partial charge in [-0.15, -0.1) is 0 Å². The first-order chi connectivity index (χ1) is 14.2. The highest BCUT2D eigenvalue weighted by Crippen LogP contribution is 2.46. The first-order valence-electron chi connectivity index (χ1n) is 10.8. The molecule has 1 aliphatic carbocycles. The average molecular weight is 396 g/mol. The lowest BCUT2D eigenvalue weighted by atomic mass is 9.76. The summed E-state index contributed by atoms with van der Waals surface area (Å²) in [6.45, 7) is 4.28. The number of carbonyl (C=O) groups is 1. The van der Waals surface area contributed by atoms with Gasteiger partial charge in [-0.1, -0.05) is 31.5 Å². The molecule has 0 bridgehead atoms. The molecule has 1 fully saturated rings. The Balaban J connectivity index is 1.79. The summed E-state index contributed by atoms with van der Waals surface area (Å²) in [4.78, 5) is 17.8. The second kappa shape index (κ2) is 8.80. The van der Waals surface area contributed by atoms with Gasteiger partial charge in [0.15, 0.2) is 5.82 Å². The van der Waals surface area contributed by atoms with Gasteiger partial charge in [-0.25, -0.2) is 4.99 Å². The molecule has 154 valence electrons. The van der Waals surface area contributed by atoms with E-state index in [-0.39, 0.29) is 18.0 Å². The number of ether oxygens (including phenoxy) is 2. The molecule has 0 radical (unpaired) electrons. The lowest BCUT2D eigenvalue weighted by molar-refractivity contribution is -0.146. The molecule has 6 nitrogen and oxygen atoms in total. The van der Waals surface area contributed by atoms with E-state index < -0.39 is 5.92 Å². The van der Waals surface area contributed by atoms with Crippen molar-refractivity contribution in [2.75, 3.05) is 6.61 Å². The van der Waals surface area contributed by atoms with E-state index in [1.165, 1.54) is 12.8 Å². The number of para-hydroxylation sites is 1. The fourth-order valence-corrected chi connectivity index (χ4v) is 4.54. The number of aromatic amines is 1. The Morgan fingerprint density at radius 3 is 2.72 bits per heavy atom. The van der Waals surface area contributed by atoms with Crippen LogP contribution in [0.2, 0.25) is 0 Å². The third-order valence-electron chi connectivity index (χ3n) is 5.83. The van der Waals surface area contributed by atoms with Gasteiger partial charge in [0, 0.05) is 22.8 Å². The molecule has 29 heavy (non-hydrogen) atoms. The van der Waals surface area contributed by atoms with Crippen molar-refractivity contribution in [1.82, 2.24) is 10.2 Å². The van der Waals surface area contributed by atoms with E-state index in [2.05, 4.69) is 23.2 Å². The molecule has 2 atom stereocenters. The third-order valence-corrected chi connectivity index (χ3v) is 5.83. The van der Waals surface area contributed by atoms with Crippen LogP contribution >= 0.6 is 0 Å². The van der Waals surface area contributed by atoms with E-state index in [1.54, 1.807) is 6.20 Å². The van der Waals surface area contributed by atoms with Crippen LogP contribution in [0.3, 0.4) is 0 Å². The fraction of sp³-hybridized carbons (Fsp3) is 0.522. The Morgan fingerprint density at radius 2 is 1.97 bits per heavy atom. The smallest absolute Gasteiger partial charge is 0.315 e. The summed E-state index contributed by atoms with van der Waals surface area (Å²) >= 11 is 0. The molecular weight excluding hydrogens is 366 g/mol. The van der Waals surface area contributed by atoms with Gasteiger partial charge in [0.05, 0.1) is 18.9 Å². The van der Waals surface area contributed by atoms with Crippen LogP contribution in [0.25, 0.3) is 0 Å². The summed E-state index contributed by atoms with van der Waals surface area (Å²) in [7, 11) is 0. The quantitative estimate of drug-likeness (QED) is 0.675. The normalized spacial score (nSPS) is 21.5. The molecule has 0 amide bonds. The number of esters is 1. The monoisotopic (exact) mass is 395 g/mol. The Labute approximate surface area is 171 Å². The number of hydrogen-bond acceptors (Lipinski definition) is 5. The van der Waals surface area contributed by atoms with Crippen molar-refractivity contribution in [3.05, 3.63) is 41.6 Å². The first kappa shape index (κ1) is 19.7. The molecule has 6 heteroatoms. The predicted octanol–water partition coefficient (Wildman–Crippen LogP) is 4.93. The van der Waals surface area contributed by atoms with Crippen molar-refractivity contribution < 1.29 is 14.3 Å². The molecule has 2 unspecified atom stereocenters. The van der Waals surface area contributed by atoms with Crippen molar-refractivity contribution in [3.8, 4) is 5.75 Å². The van der Waals surface area contributed by atoms with E-state index in [1.807, 2.05) is 25.1 Å². The number of nitrogens with one attached hydrogen (secondary N) is 1. The number of benzene rings is 1. The van der Waals surface area contributed by atoms with Crippen LogP contribution in [0, 0.1) is 5.92 Å². The zero-order chi connectivity index (χ0) is 20.2. The topological polar surface area (TPSA) is 76.6 Å². The molecule has 2 heterocycles. The molecule has 4 rings (SSSR count). The van der Waals surface area contributed by atoms with Crippen molar-refractivity contribution in [2.24, 2.45) is 10.9 Å². The molecule has 0 spiro atoms. The van der Waals surface area contributed by atoms with Gasteiger partial charge in [0.25, 0.3) is 0 Å². The largest absolute Gasteiger partial charge is 0.490 e.